The van der Waals surface area contributed by atoms with Crippen LogP contribution in [-0.2, 0) is 32.8 Å². The van der Waals surface area contributed by atoms with E-state index in [9.17, 15) is 14.0 Å². The maximum atomic E-state index is 13.1. The fourth-order valence-corrected chi connectivity index (χ4v) is 1.21. The van der Waals surface area contributed by atoms with Crippen LogP contribution in [0.3, 0.4) is 0 Å². The van der Waals surface area contributed by atoms with Crippen LogP contribution in [0.25, 0.3) is 0 Å². The maximum Gasteiger partial charge on any atom is 0.262 e. The summed E-state index contributed by atoms with van der Waals surface area (Å²) < 4.78 is 18.0. The van der Waals surface area contributed by atoms with Gasteiger partial charge >= 0.3 is 0 Å². The molecule has 95 valence electrons. The van der Waals surface area contributed by atoms with Crippen LogP contribution in [0.4, 0.5) is 10.1 Å². The van der Waals surface area contributed by atoms with Crippen molar-refractivity contribution < 1.29 is 46.7 Å². The third kappa shape index (κ3) is 3.50. The Morgan fingerprint density at radius 2 is 2.00 bits per heavy atom. The molecule has 0 fully saturated rings. The number of aldehydes is 1. The number of nitrogens with one attached hydrogen (secondary N) is 1. The van der Waals surface area contributed by atoms with Crippen LogP contribution in [0.15, 0.2) is 12.1 Å². The van der Waals surface area contributed by atoms with E-state index < -0.39 is 5.82 Å². The average Bonchev–Trinajstić information content (AvgIpc) is 2.17. The molecule has 0 bridgehead atoms. The monoisotopic (exact) mass is 282 g/mol. The smallest absolute Gasteiger partial charge is 0.262 e. The van der Waals surface area contributed by atoms with Gasteiger partial charge in [0.2, 0.25) is 0 Å². The van der Waals surface area contributed by atoms with E-state index in [2.05, 4.69) is 5.32 Å². The second-order valence-electron chi connectivity index (χ2n) is 2.82. The molecule has 0 unspecified atom stereocenters. The van der Waals surface area contributed by atoms with Crippen molar-refractivity contribution in [3.8, 4) is 5.75 Å². The van der Waals surface area contributed by atoms with Gasteiger partial charge in [0, 0.05) is 23.1 Å². The number of carbonyl (C=O) groups is 2. The van der Waals surface area contributed by atoms with Crippen molar-refractivity contribution in [2.45, 2.75) is 0 Å². The Balaban J connectivity index is 0. The van der Waals surface area contributed by atoms with Crippen molar-refractivity contribution in [2.24, 2.45) is 0 Å². The zero-order valence-corrected chi connectivity index (χ0v) is 9.42. The number of benzene rings is 1. The van der Waals surface area contributed by atoms with Gasteiger partial charge in [0.05, 0.1) is 11.3 Å². The minimum absolute atomic E-state index is 0. The molecule has 0 atom stereocenters. The van der Waals surface area contributed by atoms with Crippen molar-refractivity contribution in [2.75, 3.05) is 11.9 Å². The predicted octanol–water partition coefficient (Wildman–Crippen LogP) is 0.729. The van der Waals surface area contributed by atoms with Crippen molar-refractivity contribution >= 4 is 17.9 Å². The molecule has 17 heavy (non-hydrogen) atoms. The van der Waals surface area contributed by atoms with Gasteiger partial charge in [-0.1, -0.05) is 0 Å². The van der Waals surface area contributed by atoms with Crippen LogP contribution in [0.5, 0.6) is 5.75 Å². The van der Waals surface area contributed by atoms with Gasteiger partial charge in [0.15, 0.2) is 12.9 Å². The fourth-order valence-electron chi connectivity index (χ4n) is 1.21. The summed E-state index contributed by atoms with van der Waals surface area (Å²) in [5.74, 6) is -0.733. The van der Waals surface area contributed by atoms with Gasteiger partial charge in [-0.25, -0.2) is 4.39 Å². The number of hydrogen-bond acceptors (Lipinski definition) is 3. The summed E-state index contributed by atoms with van der Waals surface area (Å²) in [5.41, 5.74) is 0.222. The second-order valence-corrected chi connectivity index (χ2v) is 2.82. The third-order valence-electron chi connectivity index (χ3n) is 1.86. The van der Waals surface area contributed by atoms with Gasteiger partial charge in [0.25, 0.3) is 5.91 Å². The molecule has 0 aliphatic carbocycles. The maximum absolute atomic E-state index is 13.1. The summed E-state index contributed by atoms with van der Waals surface area (Å²) in [6, 6.07) is 2.33. The van der Waals surface area contributed by atoms with Crippen LogP contribution in [0, 0.1) is 5.82 Å². The Morgan fingerprint density at radius 3 is 2.59 bits per heavy atom. The average molecular weight is 282 g/mol. The third-order valence-corrected chi connectivity index (χ3v) is 1.86. The number of fused-ring (bicyclic) bond motifs is 1. The molecule has 0 saturated heterocycles. The Morgan fingerprint density at radius 1 is 1.35 bits per heavy atom. The van der Waals surface area contributed by atoms with Crippen molar-refractivity contribution in [3.63, 3.8) is 0 Å². The number of carbonyl (C=O) groups excluding carboxylic acids is 2. The number of ether oxygens (including phenoxy) is 1. The molecule has 1 heterocycles. The fraction of sp³-hybridized carbons (Fsp3) is 0.111. The molecule has 1 aromatic rings. The van der Waals surface area contributed by atoms with Crippen LogP contribution in [-0.4, -0.2) is 18.8 Å². The molecule has 1 aliphatic rings. The van der Waals surface area contributed by atoms with E-state index in [1.165, 1.54) is 6.07 Å². The number of amides is 1. The summed E-state index contributed by atoms with van der Waals surface area (Å²) in [6.45, 7) is -0.132. The van der Waals surface area contributed by atoms with Gasteiger partial charge in [-0.15, -0.1) is 0 Å². The zero-order chi connectivity index (χ0) is 10.1. The first kappa shape index (κ1) is 17.9. The first-order chi connectivity index (χ1) is 6.70. The molecular formula is C9H6FMnNO5-4. The molecule has 8 heteroatoms. The molecule has 1 aliphatic heterocycles. The first-order valence-electron chi connectivity index (χ1n) is 3.92. The Kier molecular flexibility index (Phi) is 7.35. The number of anilines is 1. The van der Waals surface area contributed by atoms with Crippen LogP contribution >= 0.6 is 0 Å². The molecule has 2 rings (SSSR count). The van der Waals surface area contributed by atoms with Gasteiger partial charge < -0.3 is 21.0 Å². The summed E-state index contributed by atoms with van der Waals surface area (Å²) in [4.78, 5) is 21.3. The van der Waals surface area contributed by atoms with Crippen molar-refractivity contribution in [1.82, 2.24) is 0 Å². The van der Waals surface area contributed by atoms with Gasteiger partial charge in [-0.05, 0) is 6.07 Å². The van der Waals surface area contributed by atoms with Crippen LogP contribution < -0.4 is 10.1 Å². The molecule has 1 aromatic carbocycles. The summed E-state index contributed by atoms with van der Waals surface area (Å²) >= 11 is 0. The SMILES string of the molecule is O=Cc1cc2c(cc1F)OCC(=O)N2.[Mn].[O-2].[O-2]. The van der Waals surface area contributed by atoms with E-state index in [1.807, 2.05) is 0 Å². The minimum atomic E-state index is -0.658. The topological polar surface area (TPSA) is 112 Å². The van der Waals surface area contributed by atoms with E-state index >= 15 is 0 Å². The molecule has 1 N–H and O–H groups in total. The van der Waals surface area contributed by atoms with E-state index in [0.29, 0.717) is 12.0 Å². The Hall–Kier alpha value is -1.47. The van der Waals surface area contributed by atoms with Gasteiger partial charge in [-0.3, -0.25) is 9.59 Å². The zero-order valence-electron chi connectivity index (χ0n) is 8.24. The quantitative estimate of drug-likeness (QED) is 0.605. The van der Waals surface area contributed by atoms with Crippen LogP contribution in [0.2, 0.25) is 0 Å². The number of halogens is 1. The van der Waals surface area contributed by atoms with E-state index in [0.717, 1.165) is 6.07 Å². The van der Waals surface area contributed by atoms with Crippen LogP contribution in [0.1, 0.15) is 10.4 Å². The van der Waals surface area contributed by atoms with E-state index in [4.69, 9.17) is 4.74 Å². The summed E-state index contributed by atoms with van der Waals surface area (Å²) in [7, 11) is 0. The predicted molar refractivity (Wildman–Crippen MR) is 47.3 cm³/mol. The molecule has 0 saturated carbocycles. The Bertz CT molecular complexity index is 426. The summed E-state index contributed by atoms with van der Waals surface area (Å²) in [6.07, 6.45) is 0.385. The number of hydrogen-bond donors (Lipinski definition) is 1. The van der Waals surface area contributed by atoms with Gasteiger partial charge in [-0.2, -0.15) is 0 Å². The van der Waals surface area contributed by atoms with E-state index in [1.54, 1.807) is 0 Å². The molecule has 1 radical (unpaired) electrons. The second kappa shape index (κ2) is 6.97. The molecule has 6 nitrogen and oxygen atoms in total. The molecule has 0 spiro atoms. The Labute approximate surface area is 106 Å². The minimum Gasteiger partial charge on any atom is -2.00 e. The van der Waals surface area contributed by atoms with Crippen molar-refractivity contribution in [3.05, 3.63) is 23.5 Å². The number of rotatable bonds is 1. The molecule has 0 aromatic heterocycles. The normalized spacial score (nSPS) is 11.5. The van der Waals surface area contributed by atoms with Gasteiger partial charge in [0.1, 0.15) is 11.6 Å². The molecule has 1 amide bonds. The largest absolute Gasteiger partial charge is 2.00 e. The van der Waals surface area contributed by atoms with Crippen molar-refractivity contribution in [1.29, 1.82) is 0 Å². The van der Waals surface area contributed by atoms with E-state index in [-0.39, 0.29) is 51.8 Å². The standard InChI is InChI=1S/C9H6FNO3.Mn.2O/c10-6-2-8-7(1-5(6)3-12)11-9(13)4-14-8;;;/h1-3H,4H2,(H,11,13);;;/q;;2*-2. The summed E-state index contributed by atoms with van der Waals surface area (Å²) in [5, 5.41) is 2.47. The first-order valence-corrected chi connectivity index (χ1v) is 3.92. The molecular weight excluding hydrogens is 276 g/mol.